The third-order valence-corrected chi connectivity index (χ3v) is 8.01. The molecule has 0 saturated carbocycles. The van der Waals surface area contributed by atoms with Gasteiger partial charge in [-0.3, -0.25) is 0 Å². The molecule has 0 unspecified atom stereocenters. The Kier molecular flexibility index (Phi) is 10.8. The summed E-state index contributed by atoms with van der Waals surface area (Å²) in [5, 5.41) is 0. The van der Waals surface area contributed by atoms with E-state index in [0.29, 0.717) is 0 Å². The van der Waals surface area contributed by atoms with Gasteiger partial charge in [0, 0.05) is 37.9 Å². The fourth-order valence-corrected chi connectivity index (χ4v) is 5.35. The van der Waals surface area contributed by atoms with Gasteiger partial charge in [0.05, 0.1) is 0 Å². The van der Waals surface area contributed by atoms with Crippen molar-refractivity contribution in [1.82, 2.24) is 9.97 Å². The van der Waals surface area contributed by atoms with Crippen LogP contribution in [0.5, 0.6) is 0 Å². The molecule has 7 aromatic rings. The number of pyridine rings is 2. The molecule has 1 radical (unpaired) electrons. The second kappa shape index (κ2) is 15.4. The van der Waals surface area contributed by atoms with Gasteiger partial charge in [-0.05, 0) is 51.3 Å². The van der Waals surface area contributed by atoms with E-state index in [0.717, 1.165) is 22.5 Å². The Hall–Kier alpha value is -4.95. The molecule has 227 valence electrons. The summed E-state index contributed by atoms with van der Waals surface area (Å²) in [4.78, 5) is 9.02. The van der Waals surface area contributed by atoms with Gasteiger partial charge < -0.3 is 9.97 Å². The molecule has 0 atom stereocenters. The molecule has 0 aliphatic heterocycles. The predicted octanol–water partition coefficient (Wildman–Crippen LogP) is 10.8. The fourth-order valence-electron chi connectivity index (χ4n) is 5.35. The second-order valence-corrected chi connectivity index (χ2v) is 11.3. The van der Waals surface area contributed by atoms with Crippen LogP contribution in [0.2, 0.25) is 0 Å². The van der Waals surface area contributed by atoms with Crippen molar-refractivity contribution >= 4 is 0 Å². The third-order valence-electron chi connectivity index (χ3n) is 8.01. The first-order valence-electron chi connectivity index (χ1n) is 15.2. The van der Waals surface area contributed by atoms with Crippen molar-refractivity contribution < 1.29 is 20.1 Å². The summed E-state index contributed by atoms with van der Waals surface area (Å²) in [5.41, 5.74) is 11.2. The molecule has 0 bridgehead atoms. The van der Waals surface area contributed by atoms with Crippen molar-refractivity contribution in [2.24, 2.45) is 0 Å². The van der Waals surface area contributed by atoms with E-state index in [1.165, 1.54) is 33.4 Å². The maximum Gasteiger partial charge on any atom is 0.0166 e. The van der Waals surface area contributed by atoms with Crippen molar-refractivity contribution in [2.75, 3.05) is 0 Å². The Labute approximate surface area is 286 Å². The molecule has 0 saturated heterocycles. The zero-order valence-electron chi connectivity index (χ0n) is 25.9. The van der Waals surface area contributed by atoms with Crippen molar-refractivity contribution in [1.29, 1.82) is 0 Å². The molecule has 0 fully saturated rings. The van der Waals surface area contributed by atoms with Gasteiger partial charge in [0.1, 0.15) is 0 Å². The van der Waals surface area contributed by atoms with Crippen molar-refractivity contribution in [2.45, 2.75) is 19.3 Å². The van der Waals surface area contributed by atoms with Crippen LogP contribution >= 0.6 is 0 Å². The predicted molar refractivity (Wildman–Crippen MR) is 186 cm³/mol. The van der Waals surface area contributed by atoms with Crippen LogP contribution < -0.4 is 0 Å². The van der Waals surface area contributed by atoms with Crippen LogP contribution in [0, 0.1) is 12.1 Å². The fraction of sp³-hybridized carbons (Fsp3) is 0.0698. The number of aromatic nitrogens is 2. The normalized spacial score (nSPS) is 10.7. The topological polar surface area (TPSA) is 25.8 Å². The maximum atomic E-state index is 4.54. The van der Waals surface area contributed by atoms with Crippen LogP contribution in [0.3, 0.4) is 0 Å². The van der Waals surface area contributed by atoms with E-state index in [1.54, 1.807) is 0 Å². The quantitative estimate of drug-likeness (QED) is 0.157. The van der Waals surface area contributed by atoms with E-state index >= 15 is 0 Å². The standard InChI is InChI=1S/C23H16N.C20H18N.Ir/c1-3-8-18(9-4-1)20-12-7-13-22(16-20)23-17-21(14-15-24-23)19-10-5-2-6-11-19;1-20(2,17-11-7-4-8-12-17)18-13-14-21-19(15-18)16-9-5-3-6-10-16;/h1-12,14-17H;3-9,11-15H,1-2H3;/q2*-1;. The first-order chi connectivity index (χ1) is 22.1. The van der Waals surface area contributed by atoms with Crippen LogP contribution in [0.25, 0.3) is 44.8 Å². The zero-order chi connectivity index (χ0) is 30.9. The Morgan fingerprint density at radius 2 is 0.978 bits per heavy atom. The first-order valence-corrected chi connectivity index (χ1v) is 15.2. The number of rotatable bonds is 6. The number of benzene rings is 5. The van der Waals surface area contributed by atoms with E-state index < -0.39 is 0 Å². The molecule has 0 N–H and O–H groups in total. The van der Waals surface area contributed by atoms with E-state index in [4.69, 9.17) is 0 Å². The average Bonchev–Trinajstić information content (AvgIpc) is 3.13. The van der Waals surface area contributed by atoms with Crippen LogP contribution in [-0.4, -0.2) is 9.97 Å². The van der Waals surface area contributed by atoms with E-state index in [2.05, 4.69) is 145 Å². The Balaban J connectivity index is 0.000000179. The van der Waals surface area contributed by atoms with Gasteiger partial charge in [-0.2, -0.15) is 0 Å². The van der Waals surface area contributed by atoms with Gasteiger partial charge >= 0.3 is 0 Å². The van der Waals surface area contributed by atoms with Crippen molar-refractivity contribution in [3.8, 4) is 44.8 Å². The Morgan fingerprint density at radius 3 is 1.61 bits per heavy atom. The summed E-state index contributed by atoms with van der Waals surface area (Å²) >= 11 is 0. The minimum Gasteiger partial charge on any atom is -0.305 e. The zero-order valence-corrected chi connectivity index (χ0v) is 28.3. The van der Waals surface area contributed by atoms with E-state index in [9.17, 15) is 0 Å². The number of hydrogen-bond acceptors (Lipinski definition) is 2. The molecule has 0 aliphatic carbocycles. The summed E-state index contributed by atoms with van der Waals surface area (Å²) < 4.78 is 0. The molecule has 5 aromatic carbocycles. The molecule has 7 rings (SSSR count). The first kappa shape index (κ1) is 32.4. The Bertz CT molecular complexity index is 1870. The number of nitrogens with zero attached hydrogens (tertiary/aromatic N) is 2. The minimum absolute atomic E-state index is 0. The van der Waals surface area contributed by atoms with Gasteiger partial charge in [0.15, 0.2) is 0 Å². The van der Waals surface area contributed by atoms with Crippen molar-refractivity contribution in [3.05, 3.63) is 193 Å². The van der Waals surface area contributed by atoms with Crippen LogP contribution in [0.1, 0.15) is 25.0 Å². The average molecular weight is 771 g/mol. The van der Waals surface area contributed by atoms with Crippen LogP contribution in [-0.2, 0) is 25.5 Å². The summed E-state index contributed by atoms with van der Waals surface area (Å²) in [6, 6.07) is 60.4. The van der Waals surface area contributed by atoms with Gasteiger partial charge in [-0.1, -0.05) is 117 Å². The molecule has 2 heterocycles. The minimum atomic E-state index is -0.0479. The van der Waals surface area contributed by atoms with Crippen molar-refractivity contribution in [3.63, 3.8) is 0 Å². The molecule has 2 aromatic heterocycles. The smallest absolute Gasteiger partial charge is 0.0166 e. The molecular weight excluding hydrogens is 737 g/mol. The van der Waals surface area contributed by atoms with Gasteiger partial charge in [-0.25, -0.2) is 0 Å². The molecule has 46 heavy (non-hydrogen) atoms. The molecular formula is C43H34IrN2-2. The molecule has 0 aliphatic rings. The number of hydrogen-bond donors (Lipinski definition) is 0. The maximum absolute atomic E-state index is 4.54. The largest absolute Gasteiger partial charge is 0.305 e. The SMILES string of the molecule is CC(C)(c1ccccc1)c1ccnc(-c2[c-]cccc2)c1.[Ir].[c-]1ccc(-c2ccccc2)cc1-c1cc(-c2ccccc2)ccn1. The summed E-state index contributed by atoms with van der Waals surface area (Å²) in [6.07, 6.45) is 3.75. The van der Waals surface area contributed by atoms with Gasteiger partial charge in [0.25, 0.3) is 0 Å². The van der Waals surface area contributed by atoms with Gasteiger partial charge in [0.2, 0.25) is 0 Å². The monoisotopic (exact) mass is 771 g/mol. The molecule has 3 heteroatoms. The molecule has 2 nitrogen and oxygen atoms in total. The summed E-state index contributed by atoms with van der Waals surface area (Å²) in [7, 11) is 0. The van der Waals surface area contributed by atoms with Crippen LogP contribution in [0.15, 0.2) is 170 Å². The molecule has 0 amide bonds. The van der Waals surface area contributed by atoms with Gasteiger partial charge in [-0.15, -0.1) is 71.3 Å². The Morgan fingerprint density at radius 1 is 0.435 bits per heavy atom. The van der Waals surface area contributed by atoms with Crippen LogP contribution in [0.4, 0.5) is 0 Å². The second-order valence-electron chi connectivity index (χ2n) is 11.3. The van der Waals surface area contributed by atoms with E-state index in [-0.39, 0.29) is 25.5 Å². The molecule has 0 spiro atoms. The third kappa shape index (κ3) is 7.82. The summed E-state index contributed by atoms with van der Waals surface area (Å²) in [6.45, 7) is 4.49. The summed E-state index contributed by atoms with van der Waals surface area (Å²) in [5.74, 6) is 0. The van der Waals surface area contributed by atoms with E-state index in [1.807, 2.05) is 60.9 Å².